The molecule has 0 spiro atoms. The largest absolute Gasteiger partial charge is 0.348 e. The van der Waals surface area contributed by atoms with Gasteiger partial charge in [-0.15, -0.1) is 5.10 Å². The molecule has 1 aliphatic rings. The van der Waals surface area contributed by atoms with Crippen LogP contribution in [0.4, 0.5) is 9.18 Å². The molecule has 28 heavy (non-hydrogen) atoms. The molecular weight excluding hydrogens is 363 g/mol. The molecule has 9 heteroatoms. The van der Waals surface area contributed by atoms with Crippen LogP contribution in [0.2, 0.25) is 0 Å². The van der Waals surface area contributed by atoms with Gasteiger partial charge in [-0.2, -0.15) is 0 Å². The highest BCUT2D eigenvalue weighted by atomic mass is 19.1. The van der Waals surface area contributed by atoms with Crippen LogP contribution in [-0.2, 0) is 4.79 Å². The lowest BCUT2D eigenvalue weighted by atomic mass is 9.95. The molecule has 1 aromatic carbocycles. The number of nitrogens with one attached hydrogen (secondary N) is 2. The Kier molecular flexibility index (Phi) is 6.23. The number of piperidine rings is 1. The number of hydrogen-bond acceptors (Lipinski definition) is 4. The van der Waals surface area contributed by atoms with Crippen LogP contribution in [0.25, 0.3) is 5.69 Å². The van der Waals surface area contributed by atoms with E-state index in [1.807, 2.05) is 13.8 Å². The zero-order valence-electron chi connectivity index (χ0n) is 16.1. The molecule has 1 fully saturated rings. The van der Waals surface area contributed by atoms with E-state index in [1.54, 1.807) is 29.3 Å². The van der Waals surface area contributed by atoms with Gasteiger partial charge in [-0.25, -0.2) is 13.9 Å². The normalized spacial score (nSPS) is 15.9. The van der Waals surface area contributed by atoms with Crippen molar-refractivity contribution >= 4 is 11.9 Å². The molecule has 3 rings (SSSR count). The molecule has 1 aliphatic heterocycles. The molecule has 150 valence electrons. The second-order valence-electron chi connectivity index (χ2n) is 6.87. The van der Waals surface area contributed by atoms with Gasteiger partial charge in [0.25, 0.3) is 0 Å². The molecule has 1 aromatic heterocycles. The van der Waals surface area contributed by atoms with E-state index in [2.05, 4.69) is 20.9 Å². The van der Waals surface area contributed by atoms with Crippen molar-refractivity contribution in [1.82, 2.24) is 30.5 Å². The molecular formula is C19H25FN6O2. The molecule has 2 N–H and O–H groups in total. The van der Waals surface area contributed by atoms with Crippen molar-refractivity contribution in [3.8, 4) is 5.69 Å². The fourth-order valence-corrected chi connectivity index (χ4v) is 3.24. The number of urea groups is 1. The maximum Gasteiger partial charge on any atom is 0.317 e. The van der Waals surface area contributed by atoms with Crippen molar-refractivity contribution < 1.29 is 14.0 Å². The van der Waals surface area contributed by atoms with Gasteiger partial charge in [-0.3, -0.25) is 4.79 Å². The lowest BCUT2D eigenvalue weighted by Gasteiger charge is -2.31. The smallest absolute Gasteiger partial charge is 0.317 e. The molecule has 0 radical (unpaired) electrons. The van der Waals surface area contributed by atoms with Crippen LogP contribution in [0, 0.1) is 11.7 Å². The molecule has 0 aliphatic carbocycles. The zero-order valence-corrected chi connectivity index (χ0v) is 16.1. The molecule has 2 aromatic rings. The minimum absolute atomic E-state index is 0.0662. The first-order valence-corrected chi connectivity index (χ1v) is 9.50. The Morgan fingerprint density at radius 3 is 2.68 bits per heavy atom. The highest BCUT2D eigenvalue weighted by Crippen LogP contribution is 2.20. The van der Waals surface area contributed by atoms with E-state index in [4.69, 9.17) is 0 Å². The maximum atomic E-state index is 13.9. The summed E-state index contributed by atoms with van der Waals surface area (Å²) in [7, 11) is 0. The Bertz CT molecular complexity index is 831. The van der Waals surface area contributed by atoms with Crippen LogP contribution < -0.4 is 10.6 Å². The van der Waals surface area contributed by atoms with Crippen LogP contribution in [0.3, 0.4) is 0 Å². The third-order valence-corrected chi connectivity index (χ3v) is 4.89. The van der Waals surface area contributed by atoms with Gasteiger partial charge in [-0.1, -0.05) is 17.3 Å². The van der Waals surface area contributed by atoms with E-state index < -0.39 is 5.82 Å². The highest BCUT2D eigenvalue weighted by molar-refractivity contribution is 5.80. The van der Waals surface area contributed by atoms with Crippen molar-refractivity contribution in [1.29, 1.82) is 0 Å². The van der Waals surface area contributed by atoms with E-state index in [1.165, 1.54) is 10.7 Å². The number of rotatable bonds is 5. The van der Waals surface area contributed by atoms with Crippen molar-refractivity contribution in [2.45, 2.75) is 32.7 Å². The average molecular weight is 388 g/mol. The molecule has 8 nitrogen and oxygen atoms in total. The number of carbonyl (C=O) groups is 2. The Morgan fingerprint density at radius 1 is 1.29 bits per heavy atom. The van der Waals surface area contributed by atoms with Gasteiger partial charge in [-0.05, 0) is 38.8 Å². The van der Waals surface area contributed by atoms with Crippen molar-refractivity contribution in [3.05, 3.63) is 42.0 Å². The molecule has 0 bridgehead atoms. The molecule has 1 saturated heterocycles. The lowest BCUT2D eigenvalue weighted by molar-refractivity contribution is -0.126. The predicted octanol–water partition coefficient (Wildman–Crippen LogP) is 2.03. The number of likely N-dealkylation sites (tertiary alicyclic amines) is 1. The second kappa shape index (κ2) is 8.81. The molecule has 3 amide bonds. The molecule has 0 saturated carbocycles. The number of nitrogens with zero attached hydrogens (tertiary/aromatic N) is 4. The Balaban J connectivity index is 1.55. The third kappa shape index (κ3) is 4.47. The molecule has 1 unspecified atom stereocenters. The third-order valence-electron chi connectivity index (χ3n) is 4.89. The second-order valence-corrected chi connectivity index (χ2v) is 6.87. The minimum Gasteiger partial charge on any atom is -0.348 e. The zero-order chi connectivity index (χ0) is 20.1. The summed E-state index contributed by atoms with van der Waals surface area (Å²) in [6.07, 6.45) is 2.86. The number of hydrogen-bond donors (Lipinski definition) is 2. The van der Waals surface area contributed by atoms with Crippen LogP contribution in [0.5, 0.6) is 0 Å². The van der Waals surface area contributed by atoms with Crippen molar-refractivity contribution in [2.75, 3.05) is 19.6 Å². The molecule has 1 atom stereocenters. The summed E-state index contributed by atoms with van der Waals surface area (Å²) in [5.41, 5.74) is 0.855. The van der Waals surface area contributed by atoms with Crippen molar-refractivity contribution in [2.24, 2.45) is 5.92 Å². The average Bonchev–Trinajstić information content (AvgIpc) is 3.19. The number of aromatic nitrogens is 3. The van der Waals surface area contributed by atoms with E-state index in [0.717, 1.165) is 0 Å². The summed E-state index contributed by atoms with van der Waals surface area (Å²) in [5.74, 6) is -0.604. The van der Waals surface area contributed by atoms with Gasteiger partial charge in [0.2, 0.25) is 5.91 Å². The van der Waals surface area contributed by atoms with Crippen LogP contribution in [0.15, 0.2) is 30.5 Å². The lowest BCUT2D eigenvalue weighted by Crippen LogP contribution is -2.47. The Hall–Kier alpha value is -2.97. The topological polar surface area (TPSA) is 92.2 Å². The van der Waals surface area contributed by atoms with Gasteiger partial charge >= 0.3 is 6.03 Å². The molecule has 2 heterocycles. The fourth-order valence-electron chi connectivity index (χ4n) is 3.24. The summed E-state index contributed by atoms with van der Waals surface area (Å²) >= 11 is 0. The highest BCUT2D eigenvalue weighted by Gasteiger charge is 2.28. The summed E-state index contributed by atoms with van der Waals surface area (Å²) < 4.78 is 15.2. The summed E-state index contributed by atoms with van der Waals surface area (Å²) in [6, 6.07) is 5.86. The van der Waals surface area contributed by atoms with E-state index in [0.29, 0.717) is 43.9 Å². The SMILES string of the molecule is CCNC(=O)N1CCC(C(=O)NC(C)c2cn(-c3ccccc3F)nn2)CC1. The number of para-hydroxylation sites is 1. The summed E-state index contributed by atoms with van der Waals surface area (Å²) in [6.45, 7) is 5.40. The van der Waals surface area contributed by atoms with Crippen molar-refractivity contribution in [3.63, 3.8) is 0 Å². The first kappa shape index (κ1) is 19.8. The fraction of sp³-hybridized carbons (Fsp3) is 0.474. The Morgan fingerprint density at radius 2 is 2.00 bits per heavy atom. The monoisotopic (exact) mass is 388 g/mol. The maximum absolute atomic E-state index is 13.9. The standard InChI is InChI=1S/C19H25FN6O2/c1-3-21-19(28)25-10-8-14(9-11-25)18(27)22-13(2)16-12-26(24-23-16)17-7-5-4-6-15(17)20/h4-7,12-14H,3,8-11H2,1-2H3,(H,21,28)(H,22,27). The van der Waals surface area contributed by atoms with Gasteiger partial charge in [0.05, 0.1) is 12.2 Å². The predicted molar refractivity (Wildman–Crippen MR) is 101 cm³/mol. The number of benzene rings is 1. The van der Waals surface area contributed by atoms with Gasteiger partial charge < -0.3 is 15.5 Å². The van der Waals surface area contributed by atoms with Crippen LogP contribution >= 0.6 is 0 Å². The first-order valence-electron chi connectivity index (χ1n) is 9.50. The first-order chi connectivity index (χ1) is 13.5. The Labute approximate surface area is 163 Å². The van der Waals surface area contributed by atoms with E-state index in [-0.39, 0.29) is 23.9 Å². The van der Waals surface area contributed by atoms with Crippen LogP contribution in [-0.4, -0.2) is 51.5 Å². The number of halogens is 1. The van der Waals surface area contributed by atoms with E-state index >= 15 is 0 Å². The summed E-state index contributed by atoms with van der Waals surface area (Å²) in [5, 5.41) is 13.7. The summed E-state index contributed by atoms with van der Waals surface area (Å²) in [4.78, 5) is 26.2. The van der Waals surface area contributed by atoms with E-state index in [9.17, 15) is 14.0 Å². The number of carbonyl (C=O) groups excluding carboxylic acids is 2. The minimum atomic E-state index is -0.394. The van der Waals surface area contributed by atoms with Crippen LogP contribution in [0.1, 0.15) is 38.4 Å². The van der Waals surface area contributed by atoms with Gasteiger partial charge in [0, 0.05) is 25.6 Å². The quantitative estimate of drug-likeness (QED) is 0.820. The van der Waals surface area contributed by atoms with Gasteiger partial charge in [0.15, 0.2) is 0 Å². The number of amides is 3. The van der Waals surface area contributed by atoms with Gasteiger partial charge in [0.1, 0.15) is 17.2 Å².